The Hall–Kier alpha value is -2.11. The van der Waals surface area contributed by atoms with Crippen LogP contribution in [-0.4, -0.2) is 27.1 Å². The molecule has 1 atom stereocenters. The number of pyridine rings is 1. The van der Waals surface area contributed by atoms with E-state index in [1.165, 1.54) is 0 Å². The molecule has 2 aromatic rings. The van der Waals surface area contributed by atoms with Crippen molar-refractivity contribution in [3.63, 3.8) is 0 Å². The van der Waals surface area contributed by atoms with Gasteiger partial charge in [0.25, 0.3) is 5.56 Å². The summed E-state index contributed by atoms with van der Waals surface area (Å²) in [5.41, 5.74) is 6.45. The minimum absolute atomic E-state index is 0.0131. The van der Waals surface area contributed by atoms with Crippen molar-refractivity contribution >= 4 is 22.7 Å². The molecular weight excluding hydrogens is 254 g/mol. The zero-order valence-corrected chi connectivity index (χ0v) is 11.4. The van der Waals surface area contributed by atoms with Gasteiger partial charge in [0.05, 0.1) is 5.52 Å². The molecule has 20 heavy (non-hydrogen) atoms. The predicted octanol–water partition coefficient (Wildman–Crippen LogP) is 1.31. The van der Waals surface area contributed by atoms with Crippen molar-refractivity contribution in [2.75, 3.05) is 17.2 Å². The van der Waals surface area contributed by atoms with Crippen LogP contribution in [-0.2, 0) is 0 Å². The van der Waals surface area contributed by atoms with Gasteiger partial charge in [-0.1, -0.05) is 0 Å². The molecule has 0 aromatic carbocycles. The van der Waals surface area contributed by atoms with Crippen LogP contribution in [0.25, 0.3) is 10.9 Å². The maximum Gasteiger partial charge on any atom is 0.264 e. The van der Waals surface area contributed by atoms with Crippen LogP contribution in [0.2, 0.25) is 0 Å². The summed E-state index contributed by atoms with van der Waals surface area (Å²) in [4.78, 5) is 23.4. The van der Waals surface area contributed by atoms with Gasteiger partial charge in [0.1, 0.15) is 11.2 Å². The summed E-state index contributed by atoms with van der Waals surface area (Å²) in [7, 11) is 0. The number of fused-ring (bicyclic) bond motifs is 1. The molecule has 2 fully saturated rings. The van der Waals surface area contributed by atoms with E-state index < -0.39 is 0 Å². The summed E-state index contributed by atoms with van der Waals surface area (Å²) in [6.07, 6.45) is 5.11. The van der Waals surface area contributed by atoms with Crippen molar-refractivity contribution in [3.05, 3.63) is 22.6 Å². The zero-order chi connectivity index (χ0) is 13.9. The number of nitrogens with zero attached hydrogens (tertiary/aromatic N) is 4. The molecule has 0 bridgehead atoms. The molecule has 1 aliphatic heterocycles. The van der Waals surface area contributed by atoms with E-state index >= 15 is 0 Å². The van der Waals surface area contributed by atoms with E-state index in [1.807, 2.05) is 16.8 Å². The molecule has 0 spiro atoms. The largest absolute Gasteiger partial charge is 0.368 e. The van der Waals surface area contributed by atoms with E-state index in [9.17, 15) is 4.79 Å². The first-order valence-corrected chi connectivity index (χ1v) is 7.10. The van der Waals surface area contributed by atoms with Crippen LogP contribution in [0.15, 0.2) is 17.1 Å². The molecule has 2 aliphatic rings. The molecule has 1 aliphatic carbocycles. The fourth-order valence-electron chi connectivity index (χ4n) is 2.84. The summed E-state index contributed by atoms with van der Waals surface area (Å²) in [5.74, 6) is 0.932. The van der Waals surface area contributed by atoms with Crippen LogP contribution in [0.1, 0.15) is 32.2 Å². The summed E-state index contributed by atoms with van der Waals surface area (Å²) in [6.45, 7) is 3.06. The molecule has 4 rings (SSSR count). The van der Waals surface area contributed by atoms with Crippen molar-refractivity contribution in [1.29, 1.82) is 0 Å². The Kier molecular flexibility index (Phi) is 2.31. The highest BCUT2D eigenvalue weighted by atomic mass is 16.1. The third-order valence-electron chi connectivity index (χ3n) is 4.31. The number of hydrogen-bond acceptors (Lipinski definition) is 5. The van der Waals surface area contributed by atoms with Gasteiger partial charge in [0.2, 0.25) is 5.95 Å². The molecule has 2 aromatic heterocycles. The molecule has 1 saturated carbocycles. The van der Waals surface area contributed by atoms with Crippen LogP contribution in [0.3, 0.4) is 0 Å². The topological polar surface area (TPSA) is 77.0 Å². The van der Waals surface area contributed by atoms with Gasteiger partial charge in [0, 0.05) is 24.8 Å². The van der Waals surface area contributed by atoms with Gasteiger partial charge in [-0.3, -0.25) is 4.79 Å². The summed E-state index contributed by atoms with van der Waals surface area (Å²) < 4.78 is 1.82. The average molecular weight is 271 g/mol. The van der Waals surface area contributed by atoms with Crippen LogP contribution >= 0.6 is 0 Å². The van der Waals surface area contributed by atoms with E-state index in [1.54, 1.807) is 0 Å². The summed E-state index contributed by atoms with van der Waals surface area (Å²) in [5, 5.41) is 0.611. The minimum Gasteiger partial charge on any atom is -0.368 e. The summed E-state index contributed by atoms with van der Waals surface area (Å²) in [6, 6.07) is 2.63. The lowest BCUT2D eigenvalue weighted by molar-refractivity contribution is 0.477. The van der Waals surface area contributed by atoms with Gasteiger partial charge in [-0.05, 0) is 32.3 Å². The number of nitrogens with two attached hydrogens (primary N) is 1. The molecule has 3 heterocycles. The highest BCUT2D eigenvalue weighted by Crippen LogP contribution is 2.35. The first-order chi connectivity index (χ1) is 9.65. The lowest BCUT2D eigenvalue weighted by Gasteiger charge is -2.40. The number of nitrogen functional groups attached to an aromatic ring is 1. The van der Waals surface area contributed by atoms with Crippen molar-refractivity contribution < 1.29 is 0 Å². The third kappa shape index (κ3) is 1.60. The van der Waals surface area contributed by atoms with Crippen molar-refractivity contribution in [2.45, 2.75) is 38.3 Å². The predicted molar refractivity (Wildman–Crippen MR) is 77.9 cm³/mol. The van der Waals surface area contributed by atoms with E-state index in [0.29, 0.717) is 28.8 Å². The van der Waals surface area contributed by atoms with E-state index in [-0.39, 0.29) is 11.5 Å². The fraction of sp³-hybridized carbons (Fsp3) is 0.500. The number of rotatable bonds is 2. The first kappa shape index (κ1) is 11.7. The van der Waals surface area contributed by atoms with Gasteiger partial charge in [-0.2, -0.15) is 4.98 Å². The maximum atomic E-state index is 12.7. The Bertz CT molecular complexity index is 749. The molecule has 0 radical (unpaired) electrons. The maximum absolute atomic E-state index is 12.7. The standard InChI is InChI=1S/C14H17N5O/c1-8-4-6-18(8)12-11-10(16-14(15)17-12)5-7-19(13(11)20)9-2-3-9/h5,7-9H,2-4,6H2,1H3,(H2,15,16,17). The van der Waals surface area contributed by atoms with Crippen molar-refractivity contribution in [2.24, 2.45) is 0 Å². The molecule has 6 heteroatoms. The van der Waals surface area contributed by atoms with Gasteiger partial charge in [-0.15, -0.1) is 0 Å². The smallest absolute Gasteiger partial charge is 0.264 e. The Morgan fingerprint density at radius 3 is 2.70 bits per heavy atom. The van der Waals surface area contributed by atoms with Gasteiger partial charge < -0.3 is 15.2 Å². The van der Waals surface area contributed by atoms with Crippen LogP contribution in [0, 0.1) is 0 Å². The normalized spacial score (nSPS) is 22.1. The van der Waals surface area contributed by atoms with E-state index in [2.05, 4.69) is 21.8 Å². The van der Waals surface area contributed by atoms with Crippen LogP contribution < -0.4 is 16.2 Å². The van der Waals surface area contributed by atoms with Gasteiger partial charge >= 0.3 is 0 Å². The second-order valence-corrected chi connectivity index (χ2v) is 5.76. The van der Waals surface area contributed by atoms with Crippen LogP contribution in [0.4, 0.5) is 11.8 Å². The Labute approximate surface area is 116 Å². The second-order valence-electron chi connectivity index (χ2n) is 5.76. The summed E-state index contributed by atoms with van der Waals surface area (Å²) >= 11 is 0. The van der Waals surface area contributed by atoms with E-state index in [4.69, 9.17) is 5.73 Å². The van der Waals surface area contributed by atoms with Crippen molar-refractivity contribution in [3.8, 4) is 0 Å². The zero-order valence-electron chi connectivity index (χ0n) is 11.4. The quantitative estimate of drug-likeness (QED) is 0.891. The monoisotopic (exact) mass is 271 g/mol. The SMILES string of the molecule is CC1CCN1c1nc(N)nc2ccn(C3CC3)c(=O)c12. The highest BCUT2D eigenvalue weighted by Gasteiger charge is 2.30. The Morgan fingerprint density at radius 2 is 2.10 bits per heavy atom. The molecular formula is C14H17N5O. The molecule has 6 nitrogen and oxygen atoms in total. The van der Waals surface area contributed by atoms with Crippen LogP contribution in [0.5, 0.6) is 0 Å². The molecule has 2 N–H and O–H groups in total. The van der Waals surface area contributed by atoms with E-state index in [0.717, 1.165) is 25.8 Å². The Morgan fingerprint density at radius 1 is 1.30 bits per heavy atom. The Balaban J connectivity index is 2.00. The second kappa shape index (κ2) is 3.94. The fourth-order valence-corrected chi connectivity index (χ4v) is 2.84. The number of anilines is 2. The van der Waals surface area contributed by atoms with Gasteiger partial charge in [-0.25, -0.2) is 4.98 Å². The number of aromatic nitrogens is 3. The third-order valence-corrected chi connectivity index (χ3v) is 4.31. The molecule has 1 unspecified atom stereocenters. The lowest BCUT2D eigenvalue weighted by atomic mass is 10.0. The first-order valence-electron chi connectivity index (χ1n) is 7.10. The molecule has 104 valence electrons. The van der Waals surface area contributed by atoms with Crippen molar-refractivity contribution in [1.82, 2.24) is 14.5 Å². The lowest BCUT2D eigenvalue weighted by Crippen LogP contribution is -2.47. The number of hydrogen-bond donors (Lipinski definition) is 1. The average Bonchev–Trinajstić information content (AvgIpc) is 3.21. The molecule has 1 saturated heterocycles. The van der Waals surface area contributed by atoms with Gasteiger partial charge in [0.15, 0.2) is 0 Å². The highest BCUT2D eigenvalue weighted by molar-refractivity contribution is 5.90. The molecule has 0 amide bonds. The minimum atomic E-state index is 0.0131.